The Morgan fingerprint density at radius 1 is 1.13 bits per heavy atom. The van der Waals surface area contributed by atoms with Crippen LogP contribution in [0, 0.1) is 0 Å². The lowest BCUT2D eigenvalue weighted by Crippen LogP contribution is -2.22. The Morgan fingerprint density at radius 3 is 2.58 bits per heavy atom. The van der Waals surface area contributed by atoms with E-state index in [2.05, 4.69) is 25.6 Å². The maximum atomic E-state index is 12.7. The van der Waals surface area contributed by atoms with E-state index < -0.39 is 22.6 Å². The molecule has 31 heavy (non-hydrogen) atoms. The molecule has 0 bridgehead atoms. The number of benzene rings is 1. The van der Waals surface area contributed by atoms with Crippen molar-refractivity contribution in [2.24, 2.45) is 5.14 Å². The van der Waals surface area contributed by atoms with E-state index in [4.69, 9.17) is 5.14 Å². The number of hydrogen-bond acceptors (Lipinski definition) is 9. The van der Waals surface area contributed by atoms with Gasteiger partial charge >= 0.3 is 6.18 Å². The molecule has 13 heteroatoms. The van der Waals surface area contributed by atoms with E-state index in [1.54, 1.807) is 24.3 Å². The average Bonchev–Trinajstić information content (AvgIpc) is 2.70. The van der Waals surface area contributed by atoms with Crippen LogP contribution in [0.2, 0.25) is 0 Å². The summed E-state index contributed by atoms with van der Waals surface area (Å²) in [5.41, 5.74) is 0.774. The van der Waals surface area contributed by atoms with E-state index in [0.29, 0.717) is 23.6 Å². The molecule has 1 heterocycles. The Labute approximate surface area is 182 Å². The molecule has 0 fully saturated rings. The van der Waals surface area contributed by atoms with Gasteiger partial charge in [-0.3, -0.25) is 10.1 Å². The van der Waals surface area contributed by atoms with E-state index in [1.165, 1.54) is 18.3 Å². The zero-order chi connectivity index (χ0) is 22.9. The van der Waals surface area contributed by atoms with Crippen molar-refractivity contribution in [3.05, 3.63) is 48.8 Å². The molecule has 4 N–H and O–H groups in total. The van der Waals surface area contributed by atoms with E-state index in [9.17, 15) is 21.6 Å². The van der Waals surface area contributed by atoms with Gasteiger partial charge in [0.15, 0.2) is 9.84 Å². The number of nitrogens with two attached hydrogens (primary N) is 1. The van der Waals surface area contributed by atoms with Crippen molar-refractivity contribution < 1.29 is 21.6 Å². The quantitative estimate of drug-likeness (QED) is 0.391. The van der Waals surface area contributed by atoms with Crippen molar-refractivity contribution in [3.8, 4) is 11.3 Å². The largest absolute Gasteiger partial charge is 0.405 e. The van der Waals surface area contributed by atoms with Gasteiger partial charge in [-0.2, -0.15) is 18.2 Å². The number of anilines is 2. The number of alkyl halides is 3. The monoisotopic (exact) mass is 474 g/mol. The smallest absolute Gasteiger partial charge is 0.360 e. The normalized spacial score (nSPS) is 11.5. The molecule has 0 radical (unpaired) electrons. The van der Waals surface area contributed by atoms with Crippen molar-refractivity contribution in [2.75, 3.05) is 35.7 Å². The van der Waals surface area contributed by atoms with Crippen molar-refractivity contribution in [2.45, 2.75) is 11.1 Å². The van der Waals surface area contributed by atoms with Gasteiger partial charge in [0.05, 0.1) is 16.8 Å². The van der Waals surface area contributed by atoms with Crippen molar-refractivity contribution in [3.63, 3.8) is 0 Å². The topological polar surface area (TPSA) is 123 Å². The van der Waals surface area contributed by atoms with Crippen molar-refractivity contribution >= 4 is 33.6 Å². The summed E-state index contributed by atoms with van der Waals surface area (Å²) in [6, 6.07) is 9.18. The van der Waals surface area contributed by atoms with Crippen LogP contribution in [0.4, 0.5) is 24.9 Å². The summed E-state index contributed by atoms with van der Waals surface area (Å²) in [5.74, 6) is 0.445. The molecule has 0 aliphatic rings. The van der Waals surface area contributed by atoms with E-state index in [0.717, 1.165) is 24.4 Å². The van der Waals surface area contributed by atoms with Gasteiger partial charge in [-0.25, -0.2) is 13.4 Å². The molecule has 2 aromatic rings. The molecule has 8 nitrogen and oxygen atoms in total. The lowest BCUT2D eigenvalue weighted by atomic mass is 10.1. The first-order valence-electron chi connectivity index (χ1n) is 8.82. The molecule has 1 aromatic heterocycles. The third-order valence-electron chi connectivity index (χ3n) is 3.62. The van der Waals surface area contributed by atoms with E-state index in [-0.39, 0.29) is 16.7 Å². The summed E-state index contributed by atoms with van der Waals surface area (Å²) in [6.07, 6.45) is -0.868. The highest BCUT2D eigenvalue weighted by Gasteiger charge is 2.26. The van der Waals surface area contributed by atoms with E-state index >= 15 is 0 Å². The molecule has 0 spiro atoms. The van der Waals surface area contributed by atoms with Gasteiger partial charge in [-0.15, -0.1) is 0 Å². The van der Waals surface area contributed by atoms with Crippen LogP contribution in [0.1, 0.15) is 0 Å². The summed E-state index contributed by atoms with van der Waals surface area (Å²) >= 11 is 1.10. The van der Waals surface area contributed by atoms with Gasteiger partial charge in [0.1, 0.15) is 12.4 Å². The number of sulfone groups is 1. The SMILES string of the molecule is CS(=O)(=O)c1cccc(-c2cccnc(NCCSN)nc(NCC(F)(F)F)cn2)c1. The minimum Gasteiger partial charge on any atom is -0.360 e. The molecule has 0 unspecified atom stereocenters. The van der Waals surface area contributed by atoms with Crippen LogP contribution in [0.25, 0.3) is 11.3 Å². The molecule has 2 rings (SSSR count). The minimum absolute atomic E-state index is 0.0809. The Hall–Kier alpha value is -2.64. The number of hydrogen-bond donors (Lipinski definition) is 3. The summed E-state index contributed by atoms with van der Waals surface area (Å²) in [4.78, 5) is 12.5. The van der Waals surface area contributed by atoms with Gasteiger partial charge in [0, 0.05) is 30.3 Å². The van der Waals surface area contributed by atoms with Gasteiger partial charge in [-0.1, -0.05) is 24.1 Å². The second-order valence-corrected chi connectivity index (χ2v) is 8.92. The first-order valence-corrected chi connectivity index (χ1v) is 11.8. The summed E-state index contributed by atoms with van der Waals surface area (Å²) in [7, 11) is -3.45. The highest BCUT2D eigenvalue weighted by Crippen LogP contribution is 2.20. The molecule has 0 saturated carbocycles. The Morgan fingerprint density at radius 2 is 1.90 bits per heavy atom. The maximum Gasteiger partial charge on any atom is 0.405 e. The molecule has 0 amide bonds. The first-order chi connectivity index (χ1) is 14.6. The summed E-state index contributed by atoms with van der Waals surface area (Å²) in [6.45, 7) is -0.914. The van der Waals surface area contributed by atoms with Gasteiger partial charge in [0.25, 0.3) is 0 Å². The van der Waals surface area contributed by atoms with Crippen LogP contribution in [0.5, 0.6) is 0 Å². The summed E-state index contributed by atoms with van der Waals surface area (Å²) in [5, 5.41) is 10.4. The van der Waals surface area contributed by atoms with Crippen LogP contribution >= 0.6 is 11.9 Å². The molecule has 0 atom stereocenters. The molecule has 0 aliphatic carbocycles. The fraction of sp³-hybridized carbons (Fsp3) is 0.278. The molecule has 0 saturated heterocycles. The molecular weight excluding hydrogens is 453 g/mol. The fourth-order valence-electron chi connectivity index (χ4n) is 2.23. The van der Waals surface area contributed by atoms with Crippen LogP contribution in [0.3, 0.4) is 0 Å². The maximum absolute atomic E-state index is 12.7. The number of aromatic nitrogens is 3. The highest BCUT2D eigenvalue weighted by atomic mass is 32.2. The second kappa shape index (κ2) is 11.1. The van der Waals surface area contributed by atoms with Crippen LogP contribution in [-0.2, 0) is 9.84 Å². The summed E-state index contributed by atoms with van der Waals surface area (Å²) < 4.78 is 61.7. The third kappa shape index (κ3) is 8.94. The van der Waals surface area contributed by atoms with Crippen LogP contribution in [-0.4, -0.2) is 54.6 Å². The van der Waals surface area contributed by atoms with Crippen LogP contribution in [0.15, 0.2) is 53.7 Å². The number of halogens is 3. The number of nitrogens with zero attached hydrogens (tertiary/aromatic N) is 3. The average molecular weight is 475 g/mol. The molecular formula is C18H21F3N6O2S2. The lowest BCUT2D eigenvalue weighted by Gasteiger charge is -2.09. The van der Waals surface area contributed by atoms with Crippen molar-refractivity contribution in [1.29, 1.82) is 0 Å². The van der Waals surface area contributed by atoms with Crippen molar-refractivity contribution in [1.82, 2.24) is 15.0 Å². The highest BCUT2D eigenvalue weighted by molar-refractivity contribution is 7.97. The zero-order valence-corrected chi connectivity index (χ0v) is 18.1. The number of rotatable bonds is 8. The third-order valence-corrected chi connectivity index (χ3v) is 5.17. The Kier molecular flexibility index (Phi) is 8.83. The first kappa shape index (κ1) is 24.6. The fourth-order valence-corrected chi connectivity index (χ4v) is 3.12. The molecule has 168 valence electrons. The number of nitrogens with one attached hydrogen (secondary N) is 2. The standard InChI is InChI=1S/C18H21F3N6O2S2/c1-31(28,29)14-5-2-4-13(10-14)15-6-3-7-23-17(24-8-9-30-22)27-16(11-25-15)26-12-18(19,20)21/h2-7,10-11H,8-9,12,22H2,1H3,(H2,23,24,26,27). The lowest BCUT2D eigenvalue weighted by molar-refractivity contribution is -0.115. The Bertz CT molecular complexity index is 1050. The Balaban J connectivity index is 2.52. The predicted octanol–water partition coefficient (Wildman–Crippen LogP) is 3.06. The molecule has 1 aromatic carbocycles. The predicted molar refractivity (Wildman–Crippen MR) is 116 cm³/mol. The zero-order valence-electron chi connectivity index (χ0n) is 16.4. The minimum atomic E-state index is -4.46. The van der Waals surface area contributed by atoms with Crippen LogP contribution < -0.4 is 15.8 Å². The second-order valence-electron chi connectivity index (χ2n) is 6.17. The van der Waals surface area contributed by atoms with E-state index in [1.807, 2.05) is 0 Å². The van der Waals surface area contributed by atoms with Gasteiger partial charge in [0.2, 0.25) is 5.95 Å². The van der Waals surface area contributed by atoms with Gasteiger partial charge in [-0.05, 0) is 24.3 Å². The molecule has 0 aliphatic heterocycles. The van der Waals surface area contributed by atoms with Gasteiger partial charge < -0.3 is 10.6 Å².